The van der Waals surface area contributed by atoms with Gasteiger partial charge in [0.25, 0.3) is 5.97 Å². The lowest BCUT2D eigenvalue weighted by molar-refractivity contribution is -0.134. The first-order valence-electron chi connectivity index (χ1n) is 4.57. The molecule has 1 aromatic carbocycles. The van der Waals surface area contributed by atoms with Crippen LogP contribution in [0.4, 0.5) is 0 Å². The minimum atomic E-state index is -0.833. The predicted octanol–water partition coefficient (Wildman–Crippen LogP) is 2.60. The third kappa shape index (κ3) is 15.1. The maximum atomic E-state index is 9.00. The topological polar surface area (TPSA) is 54.4 Å². The van der Waals surface area contributed by atoms with Crippen molar-refractivity contribution in [2.45, 2.75) is 27.7 Å². The van der Waals surface area contributed by atoms with Crippen LogP contribution < -0.4 is 0 Å². The molecule has 0 spiro atoms. The normalized spacial score (nSPS) is 7.47. The summed E-state index contributed by atoms with van der Waals surface area (Å²) in [5.41, 5.74) is 2.74. The third-order valence-corrected chi connectivity index (χ3v) is 1.43. The summed E-state index contributed by atoms with van der Waals surface area (Å²) in [6, 6.07) is 8.36. The lowest BCUT2D eigenvalue weighted by Crippen LogP contribution is -1.78. The summed E-state index contributed by atoms with van der Waals surface area (Å²) in [6.07, 6.45) is 0.750. The number of rotatable bonds is 0. The van der Waals surface area contributed by atoms with Crippen molar-refractivity contribution in [3.63, 3.8) is 0 Å². The van der Waals surface area contributed by atoms with E-state index in [4.69, 9.17) is 14.7 Å². The molecule has 0 atom stereocenters. The Bertz CT molecular complexity index is 268. The number of carboxylic acids is 1. The molecule has 0 amide bonds. The van der Waals surface area contributed by atoms with Gasteiger partial charge in [0.2, 0.25) is 0 Å². The van der Waals surface area contributed by atoms with E-state index in [1.165, 1.54) is 18.1 Å². The zero-order valence-electron chi connectivity index (χ0n) is 9.65. The minimum absolute atomic E-state index is 0.750. The first kappa shape index (κ1) is 15.8. The van der Waals surface area contributed by atoms with E-state index in [0.29, 0.717) is 0 Å². The van der Waals surface area contributed by atoms with Crippen molar-refractivity contribution in [2.75, 3.05) is 0 Å². The van der Waals surface area contributed by atoms with Crippen LogP contribution >= 0.6 is 0 Å². The molecule has 0 fully saturated rings. The highest BCUT2D eigenvalue weighted by molar-refractivity contribution is 5.62. The molecule has 0 aliphatic rings. The summed E-state index contributed by atoms with van der Waals surface area (Å²) in [5, 5.41) is 7.42. The van der Waals surface area contributed by atoms with Crippen LogP contribution in [-0.4, -0.2) is 17.4 Å². The van der Waals surface area contributed by atoms with E-state index in [-0.39, 0.29) is 0 Å². The van der Waals surface area contributed by atoms with Gasteiger partial charge in [-0.15, -0.1) is 0 Å². The smallest absolute Gasteiger partial charge is 0.300 e. The number of carboxylic acid groups (broad SMARTS) is 1. The van der Waals surface area contributed by atoms with Crippen LogP contribution in [-0.2, 0) is 9.59 Å². The molecule has 1 N–H and O–H groups in total. The van der Waals surface area contributed by atoms with Gasteiger partial charge in [0, 0.05) is 6.92 Å². The molecular formula is C12H18O3. The number of aryl methyl sites for hydroxylation is 2. The van der Waals surface area contributed by atoms with E-state index in [9.17, 15) is 0 Å². The second-order valence-electron chi connectivity index (χ2n) is 2.84. The number of carbonyl (C=O) groups is 2. The van der Waals surface area contributed by atoms with Crippen LogP contribution in [0.3, 0.4) is 0 Å². The van der Waals surface area contributed by atoms with E-state index in [2.05, 4.69) is 38.1 Å². The molecule has 0 unspecified atom stereocenters. The van der Waals surface area contributed by atoms with Crippen molar-refractivity contribution in [3.05, 3.63) is 35.4 Å². The Morgan fingerprint density at radius 1 is 1.20 bits per heavy atom. The van der Waals surface area contributed by atoms with Gasteiger partial charge in [-0.25, -0.2) is 0 Å². The fourth-order valence-corrected chi connectivity index (χ4v) is 0.663. The van der Waals surface area contributed by atoms with E-state index < -0.39 is 5.97 Å². The van der Waals surface area contributed by atoms with Crippen LogP contribution in [0.15, 0.2) is 24.3 Å². The molecule has 0 aliphatic heterocycles. The minimum Gasteiger partial charge on any atom is -0.481 e. The molecule has 15 heavy (non-hydrogen) atoms. The molecule has 0 heterocycles. The molecule has 0 radical (unpaired) electrons. The zero-order chi connectivity index (χ0) is 12.3. The second kappa shape index (κ2) is 10.4. The van der Waals surface area contributed by atoms with Gasteiger partial charge in [-0.05, 0) is 31.9 Å². The molecule has 84 valence electrons. The third-order valence-electron chi connectivity index (χ3n) is 1.43. The molecule has 1 aromatic rings. The van der Waals surface area contributed by atoms with Gasteiger partial charge in [0.05, 0.1) is 0 Å². The Labute approximate surface area is 90.7 Å². The highest BCUT2D eigenvalue weighted by Crippen LogP contribution is 2.02. The largest absolute Gasteiger partial charge is 0.481 e. The summed E-state index contributed by atoms with van der Waals surface area (Å²) in [5.74, 6) is -0.833. The van der Waals surface area contributed by atoms with Crippen LogP contribution in [0.25, 0.3) is 0 Å². The Morgan fingerprint density at radius 2 is 1.40 bits per heavy atom. The number of aldehydes is 1. The first-order chi connectivity index (χ1) is 6.95. The van der Waals surface area contributed by atoms with Gasteiger partial charge in [-0.1, -0.05) is 24.3 Å². The fraction of sp³-hybridized carbons (Fsp3) is 0.333. The van der Waals surface area contributed by atoms with Gasteiger partial charge in [0.15, 0.2) is 0 Å². The number of benzene rings is 1. The monoisotopic (exact) mass is 210 g/mol. The van der Waals surface area contributed by atoms with Gasteiger partial charge in [-0.3, -0.25) is 4.79 Å². The Balaban J connectivity index is 0. The van der Waals surface area contributed by atoms with Gasteiger partial charge in [-0.2, -0.15) is 0 Å². The van der Waals surface area contributed by atoms with Crippen LogP contribution in [0.1, 0.15) is 25.0 Å². The Morgan fingerprint density at radius 3 is 1.53 bits per heavy atom. The number of hydrogen-bond acceptors (Lipinski definition) is 2. The van der Waals surface area contributed by atoms with Crippen molar-refractivity contribution in [3.8, 4) is 0 Å². The number of hydrogen-bond donors (Lipinski definition) is 1. The average molecular weight is 210 g/mol. The quantitative estimate of drug-likeness (QED) is 0.669. The van der Waals surface area contributed by atoms with Crippen LogP contribution in [0.5, 0.6) is 0 Å². The lowest BCUT2D eigenvalue weighted by atomic mass is 10.1. The molecule has 0 saturated heterocycles. The van der Waals surface area contributed by atoms with Crippen molar-refractivity contribution in [1.82, 2.24) is 0 Å². The highest BCUT2D eigenvalue weighted by atomic mass is 16.4. The van der Waals surface area contributed by atoms with Gasteiger partial charge >= 0.3 is 0 Å². The fourth-order valence-electron chi connectivity index (χ4n) is 0.663. The van der Waals surface area contributed by atoms with Gasteiger partial charge < -0.3 is 9.90 Å². The molecule has 0 bridgehead atoms. The summed E-state index contributed by atoms with van der Waals surface area (Å²) in [6.45, 7) is 6.77. The number of aliphatic carboxylic acids is 1. The molecule has 0 saturated carbocycles. The highest BCUT2D eigenvalue weighted by Gasteiger charge is 1.83. The van der Waals surface area contributed by atoms with Crippen molar-refractivity contribution < 1.29 is 14.7 Å². The molecule has 0 aromatic heterocycles. The molecule has 1 rings (SSSR count). The molecule has 0 aliphatic carbocycles. The van der Waals surface area contributed by atoms with Crippen LogP contribution in [0, 0.1) is 13.8 Å². The maximum Gasteiger partial charge on any atom is 0.300 e. The molecule has 3 heteroatoms. The standard InChI is InChI=1S/C8H10.C2H4O2.C2H4O/c1-7-5-3-4-6-8(7)2;1-2(3)4;1-2-3/h3-6H,1-2H3;1H3,(H,3,4);2H,1H3. The van der Waals surface area contributed by atoms with E-state index in [0.717, 1.165) is 13.2 Å². The van der Waals surface area contributed by atoms with E-state index in [1.807, 2.05) is 0 Å². The van der Waals surface area contributed by atoms with Gasteiger partial charge in [0.1, 0.15) is 6.29 Å². The Kier molecular flexibility index (Phi) is 11.0. The second-order valence-corrected chi connectivity index (χ2v) is 2.84. The maximum absolute atomic E-state index is 9.00. The number of carbonyl (C=O) groups excluding carboxylic acids is 1. The summed E-state index contributed by atoms with van der Waals surface area (Å²) in [4.78, 5) is 17.8. The van der Waals surface area contributed by atoms with Crippen molar-refractivity contribution in [2.24, 2.45) is 0 Å². The first-order valence-corrected chi connectivity index (χ1v) is 4.57. The Hall–Kier alpha value is -1.64. The molecular weight excluding hydrogens is 192 g/mol. The summed E-state index contributed by atoms with van der Waals surface area (Å²) >= 11 is 0. The zero-order valence-corrected chi connectivity index (χ0v) is 9.65. The average Bonchev–Trinajstić information content (AvgIpc) is 2.10. The summed E-state index contributed by atoms with van der Waals surface area (Å²) in [7, 11) is 0. The van der Waals surface area contributed by atoms with Crippen molar-refractivity contribution >= 4 is 12.3 Å². The molecule has 3 nitrogen and oxygen atoms in total. The van der Waals surface area contributed by atoms with Crippen LogP contribution in [0.2, 0.25) is 0 Å². The summed E-state index contributed by atoms with van der Waals surface area (Å²) < 4.78 is 0. The SMILES string of the molecule is CC(=O)O.CC=O.Cc1ccccc1C. The lowest BCUT2D eigenvalue weighted by Gasteiger charge is -1.93. The predicted molar refractivity (Wildman–Crippen MR) is 61.0 cm³/mol. The van der Waals surface area contributed by atoms with E-state index >= 15 is 0 Å². The van der Waals surface area contributed by atoms with E-state index in [1.54, 1.807) is 0 Å². The van der Waals surface area contributed by atoms with Crippen molar-refractivity contribution in [1.29, 1.82) is 0 Å².